The Morgan fingerprint density at radius 3 is 2.52 bits per heavy atom. The molecule has 0 atom stereocenters. The second kappa shape index (κ2) is 6.88. The number of likely N-dealkylation sites (tertiary alicyclic amines) is 1. The van der Waals surface area contributed by atoms with E-state index in [1.165, 1.54) is 4.90 Å². The first-order valence-electron chi connectivity index (χ1n) is 7.24. The molecule has 2 rings (SSSR count). The van der Waals surface area contributed by atoms with Gasteiger partial charge in [0, 0.05) is 24.8 Å². The Labute approximate surface area is 134 Å². The third kappa shape index (κ3) is 4.51. The van der Waals surface area contributed by atoms with E-state index >= 15 is 0 Å². The predicted molar refractivity (Wildman–Crippen MR) is 84.3 cm³/mol. The van der Waals surface area contributed by atoms with Gasteiger partial charge in [-0.15, -0.1) is 22.9 Å². The van der Waals surface area contributed by atoms with Crippen LogP contribution in [0.4, 0.5) is 0 Å². The monoisotopic (exact) mass is 328 g/mol. The number of aryl methyl sites for hydroxylation is 1. The normalized spacial score (nSPS) is 18.3. The fraction of sp³-hybridized carbons (Fsp3) is 0.667. The van der Waals surface area contributed by atoms with Crippen LogP contribution in [0.25, 0.3) is 0 Å². The number of halogens is 1. The van der Waals surface area contributed by atoms with E-state index in [0.717, 1.165) is 30.0 Å². The van der Waals surface area contributed by atoms with Crippen LogP contribution in [0.3, 0.4) is 0 Å². The lowest BCUT2D eigenvalue weighted by molar-refractivity contribution is -0.152. The van der Waals surface area contributed by atoms with Crippen molar-refractivity contribution in [1.29, 1.82) is 0 Å². The highest BCUT2D eigenvalue weighted by Gasteiger charge is 2.36. The molecule has 1 aromatic rings. The number of hydrogen-bond donors (Lipinski definition) is 0. The second-order valence-electron chi connectivity index (χ2n) is 6.28. The summed E-state index contributed by atoms with van der Waals surface area (Å²) in [5.41, 5.74) is 0.726. The number of amides is 2. The summed E-state index contributed by atoms with van der Waals surface area (Å²) in [6.45, 7) is 4.47. The number of aromatic nitrogens is 1. The zero-order valence-electron chi connectivity index (χ0n) is 12.5. The van der Waals surface area contributed by atoms with Crippen LogP contribution in [-0.4, -0.2) is 28.2 Å². The molecule has 0 spiro atoms. The van der Waals surface area contributed by atoms with E-state index in [1.807, 2.05) is 19.2 Å². The number of unbranched alkanes of at least 4 members (excludes halogenated alkanes) is 1. The largest absolute Gasteiger partial charge is 0.283 e. The van der Waals surface area contributed by atoms with Crippen molar-refractivity contribution in [2.24, 2.45) is 5.41 Å². The summed E-state index contributed by atoms with van der Waals surface area (Å²) in [6, 6.07) is 0. The van der Waals surface area contributed by atoms with Crippen molar-refractivity contribution in [2.45, 2.75) is 51.8 Å². The van der Waals surface area contributed by atoms with Crippen LogP contribution in [0, 0.1) is 5.41 Å². The minimum Gasteiger partial charge on any atom is -0.283 e. The molecule has 1 aromatic heterocycles. The summed E-state index contributed by atoms with van der Waals surface area (Å²) in [5.74, 6) is 0.383. The van der Waals surface area contributed by atoms with E-state index in [0.29, 0.717) is 25.3 Å². The molecular weight excluding hydrogens is 308 g/mol. The number of carbonyl (C=O) groups excluding carboxylic acids is 2. The van der Waals surface area contributed by atoms with Gasteiger partial charge in [0.25, 0.3) is 0 Å². The molecule has 2 amide bonds. The summed E-state index contributed by atoms with van der Waals surface area (Å²) < 4.78 is 0. The highest BCUT2D eigenvalue weighted by Crippen LogP contribution is 2.31. The van der Waals surface area contributed by atoms with Gasteiger partial charge in [-0.2, -0.15) is 0 Å². The van der Waals surface area contributed by atoms with Crippen LogP contribution in [0.15, 0.2) is 5.38 Å². The van der Waals surface area contributed by atoms with E-state index in [1.54, 1.807) is 11.3 Å². The Hall–Kier alpha value is -0.940. The molecule has 1 fully saturated rings. The molecule has 116 valence electrons. The van der Waals surface area contributed by atoms with E-state index in [4.69, 9.17) is 11.6 Å². The zero-order chi connectivity index (χ0) is 15.5. The average molecular weight is 329 g/mol. The fourth-order valence-corrected chi connectivity index (χ4v) is 3.60. The van der Waals surface area contributed by atoms with E-state index in [2.05, 4.69) is 4.98 Å². The highest BCUT2D eigenvalue weighted by molar-refractivity contribution is 7.09. The Bertz CT molecular complexity index is 507. The molecule has 2 heterocycles. The number of rotatable bonds is 6. The molecule has 0 unspecified atom stereocenters. The van der Waals surface area contributed by atoms with Crippen LogP contribution >= 0.6 is 22.9 Å². The number of carbonyl (C=O) groups is 2. The molecule has 6 heteroatoms. The smallest absolute Gasteiger partial charge is 0.229 e. The van der Waals surface area contributed by atoms with Crippen molar-refractivity contribution in [1.82, 2.24) is 9.88 Å². The molecule has 0 radical (unpaired) electrons. The van der Waals surface area contributed by atoms with Crippen LogP contribution in [0.2, 0.25) is 0 Å². The number of thiazole rings is 1. The molecule has 0 aliphatic carbocycles. The molecule has 4 nitrogen and oxygen atoms in total. The summed E-state index contributed by atoms with van der Waals surface area (Å²) in [6.07, 6.45) is 3.56. The van der Waals surface area contributed by atoms with Gasteiger partial charge in [-0.3, -0.25) is 14.5 Å². The summed E-state index contributed by atoms with van der Waals surface area (Å²) >= 11 is 7.34. The Morgan fingerprint density at radius 2 is 1.95 bits per heavy atom. The second-order valence-corrected chi connectivity index (χ2v) is 7.49. The van der Waals surface area contributed by atoms with Crippen molar-refractivity contribution in [2.75, 3.05) is 6.54 Å². The first-order chi connectivity index (χ1) is 9.91. The van der Waals surface area contributed by atoms with Gasteiger partial charge in [-0.1, -0.05) is 13.8 Å². The van der Waals surface area contributed by atoms with Gasteiger partial charge in [0.15, 0.2) is 0 Å². The number of nitrogens with zero attached hydrogens (tertiary/aromatic N) is 2. The SMILES string of the molecule is CC1(C)CC(=O)N(CCCCc2nc(CCl)cs2)C(=O)C1. The lowest BCUT2D eigenvalue weighted by atomic mass is 9.82. The van der Waals surface area contributed by atoms with Crippen molar-refractivity contribution in [3.05, 3.63) is 16.1 Å². The van der Waals surface area contributed by atoms with E-state index < -0.39 is 0 Å². The van der Waals surface area contributed by atoms with Gasteiger partial charge in [-0.05, 0) is 24.7 Å². The van der Waals surface area contributed by atoms with Crippen LogP contribution in [0.5, 0.6) is 0 Å². The molecule has 0 saturated carbocycles. The minimum absolute atomic E-state index is 0.0325. The molecule has 0 aromatic carbocycles. The minimum atomic E-state index is -0.191. The first kappa shape index (κ1) is 16.4. The van der Waals surface area contributed by atoms with Crippen molar-refractivity contribution >= 4 is 34.8 Å². The van der Waals surface area contributed by atoms with Crippen molar-refractivity contribution < 1.29 is 9.59 Å². The number of piperidine rings is 1. The molecular formula is C15H21ClN2O2S. The maximum absolute atomic E-state index is 12.0. The van der Waals surface area contributed by atoms with Crippen LogP contribution in [-0.2, 0) is 21.9 Å². The van der Waals surface area contributed by atoms with Gasteiger partial charge in [0.2, 0.25) is 11.8 Å². The van der Waals surface area contributed by atoms with Gasteiger partial charge in [-0.25, -0.2) is 4.98 Å². The Balaban J connectivity index is 1.75. The maximum atomic E-state index is 12.0. The van der Waals surface area contributed by atoms with Crippen molar-refractivity contribution in [3.63, 3.8) is 0 Å². The molecule has 1 aliphatic rings. The maximum Gasteiger partial charge on any atom is 0.229 e. The zero-order valence-corrected chi connectivity index (χ0v) is 14.1. The standard InChI is InChI=1S/C15H21ClN2O2S/c1-15(2)7-13(19)18(14(20)8-15)6-4-3-5-12-17-11(9-16)10-21-12/h10H,3-9H2,1-2H3. The molecule has 0 bridgehead atoms. The summed E-state index contributed by atoms with van der Waals surface area (Å²) in [4.78, 5) is 29.8. The quantitative estimate of drug-likeness (QED) is 0.457. The Kier molecular flexibility index (Phi) is 5.38. The van der Waals surface area contributed by atoms with Gasteiger partial charge in [0.1, 0.15) is 0 Å². The molecule has 0 N–H and O–H groups in total. The van der Waals surface area contributed by atoms with E-state index in [9.17, 15) is 9.59 Å². The Morgan fingerprint density at radius 1 is 1.29 bits per heavy atom. The van der Waals surface area contributed by atoms with Crippen LogP contribution < -0.4 is 0 Å². The third-order valence-corrected chi connectivity index (χ3v) is 4.85. The van der Waals surface area contributed by atoms with Gasteiger partial charge in [0.05, 0.1) is 16.6 Å². The lowest BCUT2D eigenvalue weighted by Crippen LogP contribution is -2.46. The third-order valence-electron chi connectivity index (χ3n) is 3.62. The topological polar surface area (TPSA) is 50.3 Å². The number of hydrogen-bond acceptors (Lipinski definition) is 4. The highest BCUT2D eigenvalue weighted by atomic mass is 35.5. The predicted octanol–water partition coefficient (Wildman–Crippen LogP) is 3.38. The van der Waals surface area contributed by atoms with E-state index in [-0.39, 0.29) is 17.2 Å². The van der Waals surface area contributed by atoms with Crippen LogP contribution in [0.1, 0.15) is 50.2 Å². The number of alkyl halides is 1. The lowest BCUT2D eigenvalue weighted by Gasteiger charge is -2.34. The first-order valence-corrected chi connectivity index (χ1v) is 8.65. The fourth-order valence-electron chi connectivity index (χ4n) is 2.53. The molecule has 21 heavy (non-hydrogen) atoms. The van der Waals surface area contributed by atoms with Crippen molar-refractivity contribution in [3.8, 4) is 0 Å². The molecule has 1 saturated heterocycles. The number of imide groups is 1. The molecule has 1 aliphatic heterocycles. The summed E-state index contributed by atoms with van der Waals surface area (Å²) in [5, 5.41) is 3.05. The average Bonchev–Trinajstić information content (AvgIpc) is 2.83. The summed E-state index contributed by atoms with van der Waals surface area (Å²) in [7, 11) is 0. The van der Waals surface area contributed by atoms with Gasteiger partial charge >= 0.3 is 0 Å². The van der Waals surface area contributed by atoms with Gasteiger partial charge < -0.3 is 0 Å².